The number of alkyl halides is 3. The summed E-state index contributed by atoms with van der Waals surface area (Å²) in [4.78, 5) is 35.6. The first-order valence-corrected chi connectivity index (χ1v) is 19.7. The average Bonchev–Trinajstić information content (AvgIpc) is 3.42. The molecule has 54 heavy (non-hydrogen) atoms. The van der Waals surface area contributed by atoms with E-state index < -0.39 is 37.2 Å². The van der Waals surface area contributed by atoms with Crippen LogP contribution in [0.2, 0.25) is 0 Å². The number of amides is 1. The monoisotopic (exact) mass is 776 g/mol. The van der Waals surface area contributed by atoms with E-state index in [4.69, 9.17) is 24.3 Å². The number of carbonyl (C=O) groups is 2. The molecule has 0 saturated heterocycles. The summed E-state index contributed by atoms with van der Waals surface area (Å²) in [5, 5.41) is 5.72. The Hall–Kier alpha value is -4.24. The van der Waals surface area contributed by atoms with Crippen LogP contribution in [-0.4, -0.2) is 66.3 Å². The molecule has 1 amide bonds. The SMILES string of the molecule is CCOP(=O)(Cc1ccc(Nc2ncc(C(F)(F)F)c(Nc3ccc(C4CCC(OC(=O)C(N)C(C)C)CC4)c4c3C(=O)N(C)C4)n2)c(OC)c1)OCC. The lowest BCUT2D eigenvalue weighted by Gasteiger charge is -2.31. The molecule has 2 aromatic carbocycles. The van der Waals surface area contributed by atoms with Gasteiger partial charge in [-0.05, 0) is 86.3 Å². The van der Waals surface area contributed by atoms with Crippen LogP contribution in [0.1, 0.15) is 91.9 Å². The Morgan fingerprint density at radius 1 is 1.06 bits per heavy atom. The second-order valence-electron chi connectivity index (χ2n) is 13.7. The van der Waals surface area contributed by atoms with Crippen LogP contribution >= 0.6 is 7.60 Å². The van der Waals surface area contributed by atoms with Gasteiger partial charge in [-0.2, -0.15) is 18.2 Å². The second kappa shape index (κ2) is 17.1. The van der Waals surface area contributed by atoms with Crippen molar-refractivity contribution in [3.8, 4) is 5.75 Å². The number of ether oxygens (including phenoxy) is 2. The molecule has 1 saturated carbocycles. The van der Waals surface area contributed by atoms with E-state index >= 15 is 0 Å². The van der Waals surface area contributed by atoms with Gasteiger partial charge >= 0.3 is 19.7 Å². The molecule has 1 fully saturated rings. The Morgan fingerprint density at radius 2 is 1.72 bits per heavy atom. The van der Waals surface area contributed by atoms with Crippen molar-refractivity contribution < 1.29 is 45.8 Å². The quantitative estimate of drug-likeness (QED) is 0.101. The molecule has 4 N–H and O–H groups in total. The summed E-state index contributed by atoms with van der Waals surface area (Å²) in [7, 11) is -0.360. The van der Waals surface area contributed by atoms with Crippen molar-refractivity contribution in [3.05, 3.63) is 64.3 Å². The van der Waals surface area contributed by atoms with Crippen LogP contribution in [0.15, 0.2) is 36.5 Å². The van der Waals surface area contributed by atoms with Crippen molar-refractivity contribution in [2.24, 2.45) is 11.7 Å². The van der Waals surface area contributed by atoms with Crippen molar-refractivity contribution in [1.82, 2.24) is 14.9 Å². The lowest BCUT2D eigenvalue weighted by Crippen LogP contribution is -2.39. The molecule has 1 aliphatic heterocycles. The molecule has 2 aliphatic rings. The molecule has 1 aromatic heterocycles. The molecular formula is C37H48F3N6O7P. The summed E-state index contributed by atoms with van der Waals surface area (Å²) in [6.07, 6.45) is -1.77. The van der Waals surface area contributed by atoms with Crippen LogP contribution in [-0.2, 0) is 42.0 Å². The minimum Gasteiger partial charge on any atom is -0.495 e. The van der Waals surface area contributed by atoms with Crippen LogP contribution in [0, 0.1) is 5.92 Å². The van der Waals surface area contributed by atoms with Gasteiger partial charge in [0.25, 0.3) is 5.91 Å². The molecule has 294 valence electrons. The smallest absolute Gasteiger partial charge is 0.421 e. The number of benzene rings is 2. The molecule has 1 atom stereocenters. The van der Waals surface area contributed by atoms with Gasteiger partial charge in [0, 0.05) is 19.8 Å². The fraction of sp³-hybridized carbons (Fsp3) is 0.514. The summed E-state index contributed by atoms with van der Waals surface area (Å²) in [5.74, 6) is -1.16. The normalized spacial score (nSPS) is 18.1. The number of nitrogens with one attached hydrogen (secondary N) is 2. The number of hydrogen-bond acceptors (Lipinski definition) is 12. The molecule has 13 nitrogen and oxygen atoms in total. The first-order chi connectivity index (χ1) is 25.6. The van der Waals surface area contributed by atoms with Gasteiger partial charge in [0.2, 0.25) is 5.95 Å². The zero-order valence-corrected chi connectivity index (χ0v) is 32.2. The fourth-order valence-electron chi connectivity index (χ4n) is 6.75. The lowest BCUT2D eigenvalue weighted by molar-refractivity contribution is -0.153. The average molecular weight is 777 g/mol. The van der Waals surface area contributed by atoms with Crippen molar-refractivity contribution in [2.75, 3.05) is 38.0 Å². The number of esters is 1. The molecule has 1 aliphatic carbocycles. The van der Waals surface area contributed by atoms with Crippen LogP contribution in [0.5, 0.6) is 5.75 Å². The van der Waals surface area contributed by atoms with Gasteiger partial charge in [-0.25, -0.2) is 4.98 Å². The fourth-order valence-corrected chi connectivity index (χ4v) is 8.44. The Bertz CT molecular complexity index is 1880. The second-order valence-corrected chi connectivity index (χ2v) is 15.8. The highest BCUT2D eigenvalue weighted by atomic mass is 31.2. The number of carbonyl (C=O) groups excluding carboxylic acids is 2. The molecule has 1 unspecified atom stereocenters. The van der Waals surface area contributed by atoms with E-state index in [1.807, 2.05) is 19.9 Å². The number of anilines is 4. The van der Waals surface area contributed by atoms with Gasteiger partial charge in [-0.1, -0.05) is 26.0 Å². The van der Waals surface area contributed by atoms with E-state index in [1.54, 1.807) is 45.2 Å². The number of rotatable bonds is 15. The zero-order chi connectivity index (χ0) is 39.4. The maximum atomic E-state index is 14.3. The van der Waals surface area contributed by atoms with Crippen LogP contribution in [0.25, 0.3) is 0 Å². The van der Waals surface area contributed by atoms with Gasteiger partial charge in [-0.15, -0.1) is 0 Å². The van der Waals surface area contributed by atoms with E-state index in [0.717, 1.165) is 11.1 Å². The van der Waals surface area contributed by atoms with Gasteiger partial charge < -0.3 is 39.8 Å². The topological polar surface area (TPSA) is 167 Å². The van der Waals surface area contributed by atoms with E-state index in [2.05, 4.69) is 20.6 Å². The molecule has 2 heterocycles. The predicted octanol–water partition coefficient (Wildman–Crippen LogP) is 7.90. The van der Waals surface area contributed by atoms with E-state index in [-0.39, 0.29) is 60.4 Å². The Kier molecular flexibility index (Phi) is 12.9. The number of aromatic nitrogens is 2. The summed E-state index contributed by atoms with van der Waals surface area (Å²) in [5.41, 5.74) is 7.90. The highest BCUT2D eigenvalue weighted by Crippen LogP contribution is 2.52. The first kappa shape index (κ1) is 40.9. The van der Waals surface area contributed by atoms with E-state index in [1.165, 1.54) is 12.0 Å². The first-order valence-electron chi connectivity index (χ1n) is 18.0. The molecule has 0 spiro atoms. The maximum absolute atomic E-state index is 14.3. The number of methoxy groups -OCH3 is 1. The summed E-state index contributed by atoms with van der Waals surface area (Å²) in [6.45, 7) is 7.84. The third-order valence-corrected chi connectivity index (χ3v) is 11.6. The molecule has 0 radical (unpaired) electrons. The van der Waals surface area contributed by atoms with Crippen molar-refractivity contribution >= 4 is 42.6 Å². The molecule has 17 heteroatoms. The Balaban J connectivity index is 1.40. The van der Waals surface area contributed by atoms with E-state index in [9.17, 15) is 27.3 Å². The van der Waals surface area contributed by atoms with Crippen molar-refractivity contribution in [2.45, 2.75) is 90.3 Å². The summed E-state index contributed by atoms with van der Waals surface area (Å²) >= 11 is 0. The third-order valence-electron chi connectivity index (χ3n) is 9.58. The minimum atomic E-state index is -4.82. The largest absolute Gasteiger partial charge is 0.495 e. The van der Waals surface area contributed by atoms with Gasteiger partial charge in [0.15, 0.2) is 0 Å². The van der Waals surface area contributed by atoms with Crippen LogP contribution < -0.4 is 21.1 Å². The maximum Gasteiger partial charge on any atom is 0.421 e. The Morgan fingerprint density at radius 3 is 2.33 bits per heavy atom. The van der Waals surface area contributed by atoms with Crippen LogP contribution in [0.4, 0.5) is 36.3 Å². The third kappa shape index (κ3) is 9.34. The van der Waals surface area contributed by atoms with Gasteiger partial charge in [0.1, 0.15) is 29.3 Å². The molecule has 0 bridgehead atoms. The van der Waals surface area contributed by atoms with Crippen molar-refractivity contribution in [1.29, 1.82) is 0 Å². The minimum absolute atomic E-state index is 0.0164. The number of halogens is 3. The molecule has 5 rings (SSSR count). The summed E-state index contributed by atoms with van der Waals surface area (Å²) < 4.78 is 78.0. The highest BCUT2D eigenvalue weighted by molar-refractivity contribution is 7.53. The molecule has 3 aromatic rings. The molecular weight excluding hydrogens is 728 g/mol. The number of hydrogen-bond donors (Lipinski definition) is 3. The van der Waals surface area contributed by atoms with Gasteiger partial charge in [0.05, 0.1) is 43.4 Å². The summed E-state index contributed by atoms with van der Waals surface area (Å²) in [6, 6.07) is 7.64. The Labute approximate surface area is 313 Å². The number of fused-ring (bicyclic) bond motifs is 1. The number of nitrogens with zero attached hydrogens (tertiary/aromatic N) is 3. The zero-order valence-electron chi connectivity index (χ0n) is 31.3. The highest BCUT2D eigenvalue weighted by Gasteiger charge is 2.38. The standard InChI is InChI=1S/C37H48F3N6O7P/c1-7-51-54(49,52-8-2)20-22-9-15-28(30(17-22)50-6)44-36-42-18-27(37(38,39)40)33(45-36)43-29-16-14-25(26-19-46(5)34(47)31(26)29)23-10-12-24(13-11-23)53-35(48)32(41)21(3)4/h9,14-18,21,23-24,32H,7-8,10-13,19-20,41H2,1-6H3,(H2,42,43,44,45). The lowest BCUT2D eigenvalue weighted by atomic mass is 9.80. The predicted molar refractivity (Wildman–Crippen MR) is 197 cm³/mol. The van der Waals surface area contributed by atoms with Crippen molar-refractivity contribution in [3.63, 3.8) is 0 Å². The van der Waals surface area contributed by atoms with Crippen LogP contribution in [0.3, 0.4) is 0 Å². The van der Waals surface area contributed by atoms with E-state index in [0.29, 0.717) is 55.4 Å². The van der Waals surface area contributed by atoms with Gasteiger partial charge in [-0.3, -0.25) is 14.2 Å². The number of nitrogens with two attached hydrogens (primary N) is 1.